The predicted octanol–water partition coefficient (Wildman–Crippen LogP) is 2.85. The lowest BCUT2D eigenvalue weighted by Crippen LogP contribution is -2.63. The lowest BCUT2D eigenvalue weighted by molar-refractivity contribution is -0.306. The number of benzene rings is 2. The van der Waals surface area contributed by atoms with Gasteiger partial charge in [-0.15, -0.1) is 0 Å². The molecular formula is C41H50N2O16. The van der Waals surface area contributed by atoms with E-state index < -0.39 is 83.5 Å². The van der Waals surface area contributed by atoms with Crippen LogP contribution in [0.2, 0.25) is 0 Å². The molecule has 6 rings (SSSR count). The summed E-state index contributed by atoms with van der Waals surface area (Å²) in [6, 6.07) is 10.7. The van der Waals surface area contributed by atoms with Crippen molar-refractivity contribution in [2.75, 3.05) is 24.9 Å². The molecule has 0 spiro atoms. The Morgan fingerprint density at radius 1 is 0.678 bits per heavy atom. The number of unbranched alkanes of at least 4 members (excludes halogenated alkanes) is 1. The minimum Gasteiger partial charge on any atom is -0.462 e. The van der Waals surface area contributed by atoms with Gasteiger partial charge in [-0.3, -0.25) is 9.59 Å². The SMILES string of the molecule is CO[C@@H]1[C@@H](O)[C@@H](O)[C@H](Oc2ccc3cc(NC(=O)CCCCC(=O)Nc4cc5ccc(O[C@H]6OC(C)(C)[C@@H](OC)[C@H](O)[C@@H]6O)cc5oc4=O)c(=O)oc3c2C)OC1(C)C. The molecule has 8 atom stereocenters. The topological polar surface area (TPSA) is 255 Å². The zero-order valence-corrected chi connectivity index (χ0v) is 33.7. The van der Waals surface area contributed by atoms with Gasteiger partial charge < -0.3 is 68.3 Å². The lowest BCUT2D eigenvalue weighted by Gasteiger charge is -2.46. The molecule has 2 amide bonds. The Labute approximate surface area is 337 Å². The second kappa shape index (κ2) is 17.4. The lowest BCUT2D eigenvalue weighted by atomic mass is 9.89. The van der Waals surface area contributed by atoms with Crippen molar-refractivity contribution < 1.29 is 67.3 Å². The molecule has 2 aliphatic rings. The molecule has 0 aliphatic carbocycles. The average molecular weight is 827 g/mol. The van der Waals surface area contributed by atoms with E-state index in [1.165, 1.54) is 32.4 Å². The molecule has 0 radical (unpaired) electrons. The van der Waals surface area contributed by atoms with Crippen LogP contribution in [-0.2, 0) is 28.5 Å². The van der Waals surface area contributed by atoms with Crippen molar-refractivity contribution in [3.8, 4) is 11.5 Å². The Bertz CT molecular complexity index is 2300. The van der Waals surface area contributed by atoms with Gasteiger partial charge >= 0.3 is 11.3 Å². The van der Waals surface area contributed by atoms with Crippen LogP contribution in [0.3, 0.4) is 0 Å². The largest absolute Gasteiger partial charge is 0.462 e. The Morgan fingerprint density at radius 3 is 1.71 bits per heavy atom. The van der Waals surface area contributed by atoms with Gasteiger partial charge in [0.05, 0.1) is 11.2 Å². The number of aliphatic hydroxyl groups is 4. The number of ether oxygens (including phenoxy) is 6. The smallest absolute Gasteiger partial charge is 0.360 e. The number of aryl methyl sites for hydroxylation is 1. The number of hydrogen-bond acceptors (Lipinski definition) is 16. The van der Waals surface area contributed by atoms with Crippen molar-refractivity contribution in [1.82, 2.24) is 0 Å². The summed E-state index contributed by atoms with van der Waals surface area (Å²) >= 11 is 0. The maximum Gasteiger partial charge on any atom is 0.360 e. The van der Waals surface area contributed by atoms with Gasteiger partial charge in [-0.25, -0.2) is 9.59 Å². The van der Waals surface area contributed by atoms with E-state index in [2.05, 4.69) is 10.6 Å². The van der Waals surface area contributed by atoms with E-state index in [-0.39, 0.29) is 46.9 Å². The predicted molar refractivity (Wildman–Crippen MR) is 210 cm³/mol. The summed E-state index contributed by atoms with van der Waals surface area (Å²) in [4.78, 5) is 51.1. The summed E-state index contributed by atoms with van der Waals surface area (Å²) in [7, 11) is 2.81. The van der Waals surface area contributed by atoms with Crippen LogP contribution in [0.1, 0.15) is 58.9 Å². The average Bonchev–Trinajstić information content (AvgIpc) is 3.16. The highest BCUT2D eigenvalue weighted by Crippen LogP contribution is 2.36. The van der Waals surface area contributed by atoms with Crippen molar-refractivity contribution >= 4 is 45.1 Å². The Hall–Kier alpha value is -4.92. The van der Waals surface area contributed by atoms with Crippen molar-refractivity contribution in [1.29, 1.82) is 0 Å². The Morgan fingerprint density at radius 2 is 1.17 bits per heavy atom. The van der Waals surface area contributed by atoms with Gasteiger partial charge in [0.15, 0.2) is 0 Å². The molecule has 59 heavy (non-hydrogen) atoms. The van der Waals surface area contributed by atoms with Crippen molar-refractivity contribution in [3.63, 3.8) is 0 Å². The molecule has 2 aromatic carbocycles. The highest BCUT2D eigenvalue weighted by Gasteiger charge is 2.51. The number of nitrogens with one attached hydrogen (secondary N) is 2. The maximum absolute atomic E-state index is 12.9. The molecule has 18 nitrogen and oxygen atoms in total. The molecule has 0 bridgehead atoms. The molecule has 4 heterocycles. The van der Waals surface area contributed by atoms with Crippen molar-refractivity contribution in [2.45, 2.75) is 121 Å². The van der Waals surface area contributed by atoms with E-state index in [4.69, 9.17) is 37.3 Å². The van der Waals surface area contributed by atoms with E-state index in [0.717, 1.165) is 0 Å². The van der Waals surface area contributed by atoms with E-state index in [9.17, 15) is 39.6 Å². The minimum absolute atomic E-state index is 0.0124. The van der Waals surface area contributed by atoms with Gasteiger partial charge in [0.1, 0.15) is 70.7 Å². The number of carbonyl (C=O) groups is 2. The molecule has 2 fully saturated rings. The second-order valence-corrected chi connectivity index (χ2v) is 15.7. The van der Waals surface area contributed by atoms with E-state index in [1.807, 2.05) is 0 Å². The van der Waals surface area contributed by atoms with E-state index >= 15 is 0 Å². The van der Waals surface area contributed by atoms with Gasteiger partial charge in [-0.05, 0) is 83.9 Å². The summed E-state index contributed by atoms with van der Waals surface area (Å²) in [5.74, 6) is -0.517. The number of aliphatic hydroxyl groups excluding tert-OH is 4. The monoisotopic (exact) mass is 826 g/mol. The zero-order valence-electron chi connectivity index (χ0n) is 33.7. The van der Waals surface area contributed by atoms with Crippen LogP contribution in [0.5, 0.6) is 11.5 Å². The number of fused-ring (bicyclic) bond motifs is 2. The number of anilines is 2. The molecule has 2 aliphatic heterocycles. The van der Waals surface area contributed by atoms with Crippen LogP contribution >= 0.6 is 0 Å². The van der Waals surface area contributed by atoms with Crippen molar-refractivity contribution in [3.05, 3.63) is 68.9 Å². The van der Waals surface area contributed by atoms with E-state index in [0.29, 0.717) is 29.2 Å². The first kappa shape index (κ1) is 43.7. The highest BCUT2D eigenvalue weighted by molar-refractivity contribution is 5.94. The van der Waals surface area contributed by atoms with Crippen LogP contribution in [0, 0.1) is 6.92 Å². The second-order valence-electron chi connectivity index (χ2n) is 15.7. The molecular weight excluding hydrogens is 776 g/mol. The number of amides is 2. The fourth-order valence-corrected chi connectivity index (χ4v) is 7.44. The number of methoxy groups -OCH3 is 2. The minimum atomic E-state index is -1.43. The highest BCUT2D eigenvalue weighted by atomic mass is 16.7. The van der Waals surface area contributed by atoms with Crippen LogP contribution in [-0.4, -0.2) is 107 Å². The number of carbonyl (C=O) groups excluding carboxylic acids is 2. The molecule has 0 unspecified atom stereocenters. The first-order chi connectivity index (χ1) is 27.8. The number of rotatable bonds is 13. The fourth-order valence-electron chi connectivity index (χ4n) is 7.44. The standard InChI is InChI=1S/C41H50N2O16/c1-19-25(56-39-32(49)30(47)35(53-7)41(4,5)59-39)15-13-21-17-24(37(51)57-33(19)21)43-28(45)11-9-8-10-27(44)42-23-16-20-12-14-22(18-26(20)55-36(23)50)54-38-31(48)29(46)34(52-6)40(2,3)58-38/h12-18,29-32,34-35,38-39,46-49H,8-11H2,1-7H3,(H,42,44)(H,43,45)/t29-,30+,31+,32-,34+,35-,38+,39-/m1/s1. The third-order valence-electron chi connectivity index (χ3n) is 10.5. The normalized spacial score (nSPS) is 26.4. The van der Waals surface area contributed by atoms with Crippen molar-refractivity contribution in [2.24, 2.45) is 0 Å². The van der Waals surface area contributed by atoms with Gasteiger partial charge in [0.25, 0.3) is 0 Å². The first-order valence-electron chi connectivity index (χ1n) is 19.1. The fraction of sp³-hybridized carbons (Fsp3) is 0.512. The third kappa shape index (κ3) is 9.29. The summed E-state index contributed by atoms with van der Waals surface area (Å²) in [5.41, 5.74) is -3.01. The molecule has 4 aromatic rings. The maximum atomic E-state index is 12.9. The molecule has 320 valence electrons. The quantitative estimate of drug-likeness (QED) is 0.0837. The third-order valence-corrected chi connectivity index (χ3v) is 10.5. The van der Waals surface area contributed by atoms with Crippen LogP contribution in [0.25, 0.3) is 21.9 Å². The van der Waals surface area contributed by atoms with Gasteiger partial charge in [0.2, 0.25) is 24.4 Å². The Kier molecular flexibility index (Phi) is 12.8. The summed E-state index contributed by atoms with van der Waals surface area (Å²) in [6.45, 7) is 8.43. The molecule has 6 N–H and O–H groups in total. The molecule has 2 aromatic heterocycles. The van der Waals surface area contributed by atoms with Gasteiger partial charge in [0, 0.05) is 49.5 Å². The van der Waals surface area contributed by atoms with Crippen LogP contribution < -0.4 is 31.4 Å². The summed E-state index contributed by atoms with van der Waals surface area (Å²) in [5, 5.41) is 48.3. The van der Waals surface area contributed by atoms with Gasteiger partial charge in [-0.1, -0.05) is 0 Å². The summed E-state index contributed by atoms with van der Waals surface area (Å²) < 4.78 is 45.0. The van der Waals surface area contributed by atoms with E-state index in [1.54, 1.807) is 58.9 Å². The molecule has 2 saturated heterocycles. The summed E-state index contributed by atoms with van der Waals surface area (Å²) in [6.07, 6.45) is -8.95. The van der Waals surface area contributed by atoms with Crippen LogP contribution in [0.15, 0.2) is 60.9 Å². The first-order valence-corrected chi connectivity index (χ1v) is 19.1. The van der Waals surface area contributed by atoms with Gasteiger partial charge in [-0.2, -0.15) is 0 Å². The molecule has 18 heteroatoms. The van der Waals surface area contributed by atoms with Crippen LogP contribution in [0.4, 0.5) is 11.4 Å². The Balaban J connectivity index is 0.993. The zero-order chi connectivity index (χ0) is 43.0. The molecule has 0 saturated carbocycles. The number of hydrogen-bond donors (Lipinski definition) is 6.